The molecule has 5 nitrogen and oxygen atoms in total. The van der Waals surface area contributed by atoms with Gasteiger partial charge in [0.15, 0.2) is 0 Å². The predicted molar refractivity (Wildman–Crippen MR) is 105 cm³/mol. The Morgan fingerprint density at radius 3 is 3.00 bits per heavy atom. The highest BCUT2D eigenvalue weighted by molar-refractivity contribution is 7.07. The quantitative estimate of drug-likeness (QED) is 0.727. The lowest BCUT2D eigenvalue weighted by Crippen LogP contribution is -2.43. The molecule has 27 heavy (non-hydrogen) atoms. The molecule has 1 saturated heterocycles. The Kier molecular flexibility index (Phi) is 6.90. The monoisotopic (exact) mass is 390 g/mol. The molecule has 1 amide bonds. The van der Waals surface area contributed by atoms with E-state index in [1.54, 1.807) is 12.1 Å². The number of amides is 1. The summed E-state index contributed by atoms with van der Waals surface area (Å²) in [6, 6.07) is 6.85. The number of likely N-dealkylation sites (tertiary alicyclic amines) is 1. The van der Waals surface area contributed by atoms with Crippen LogP contribution in [-0.2, 0) is 6.42 Å². The maximum atomic E-state index is 13.3. The summed E-state index contributed by atoms with van der Waals surface area (Å²) < 4.78 is 17.2. The van der Waals surface area contributed by atoms with E-state index in [1.807, 2.05) is 24.8 Å². The van der Waals surface area contributed by atoms with Crippen molar-refractivity contribution in [1.82, 2.24) is 19.4 Å². The molecular formula is C20H27FN4OS. The zero-order chi connectivity index (χ0) is 19.2. The van der Waals surface area contributed by atoms with Gasteiger partial charge in [-0.3, -0.25) is 4.79 Å². The molecule has 0 bridgehead atoms. The van der Waals surface area contributed by atoms with Gasteiger partial charge >= 0.3 is 0 Å². The molecule has 7 heteroatoms. The molecule has 0 saturated carbocycles. The van der Waals surface area contributed by atoms with E-state index in [0.717, 1.165) is 51.0 Å². The minimum atomic E-state index is -0.172. The molecule has 146 valence electrons. The number of halogens is 1. The van der Waals surface area contributed by atoms with E-state index in [-0.39, 0.29) is 11.7 Å². The first-order chi connectivity index (χ1) is 13.1. The zero-order valence-corrected chi connectivity index (χ0v) is 16.8. The van der Waals surface area contributed by atoms with Gasteiger partial charge in [0.05, 0.1) is 5.69 Å². The van der Waals surface area contributed by atoms with Crippen LogP contribution in [0.1, 0.15) is 40.7 Å². The average molecular weight is 391 g/mol. The van der Waals surface area contributed by atoms with E-state index >= 15 is 0 Å². The van der Waals surface area contributed by atoms with Crippen LogP contribution in [0.15, 0.2) is 24.3 Å². The Balaban J connectivity index is 1.54. The van der Waals surface area contributed by atoms with Crippen LogP contribution in [0.5, 0.6) is 0 Å². The summed E-state index contributed by atoms with van der Waals surface area (Å²) in [4.78, 5) is 17.8. The second kappa shape index (κ2) is 9.37. The molecule has 1 aromatic heterocycles. The number of aryl methyl sites for hydroxylation is 1. The lowest BCUT2D eigenvalue weighted by atomic mass is 9.96. The summed E-state index contributed by atoms with van der Waals surface area (Å²) in [6.07, 6.45) is 3.13. The summed E-state index contributed by atoms with van der Waals surface area (Å²) >= 11 is 1.18. The van der Waals surface area contributed by atoms with Gasteiger partial charge in [-0.1, -0.05) is 16.6 Å². The van der Waals surface area contributed by atoms with Crippen LogP contribution >= 0.6 is 11.5 Å². The highest BCUT2D eigenvalue weighted by Gasteiger charge is 2.26. The third-order valence-corrected chi connectivity index (χ3v) is 6.02. The van der Waals surface area contributed by atoms with Crippen molar-refractivity contribution in [2.24, 2.45) is 5.92 Å². The van der Waals surface area contributed by atoms with Gasteiger partial charge < -0.3 is 9.80 Å². The Morgan fingerprint density at radius 1 is 1.44 bits per heavy atom. The topological polar surface area (TPSA) is 49.3 Å². The Morgan fingerprint density at radius 2 is 2.30 bits per heavy atom. The van der Waals surface area contributed by atoms with E-state index in [4.69, 9.17) is 0 Å². The van der Waals surface area contributed by atoms with Crippen LogP contribution in [0.2, 0.25) is 0 Å². The lowest BCUT2D eigenvalue weighted by Gasteiger charge is -2.35. The van der Waals surface area contributed by atoms with Gasteiger partial charge in [0.2, 0.25) is 0 Å². The molecule has 0 N–H and O–H groups in total. The molecule has 0 radical (unpaired) electrons. The van der Waals surface area contributed by atoms with Crippen LogP contribution < -0.4 is 0 Å². The summed E-state index contributed by atoms with van der Waals surface area (Å²) in [5.74, 6) is 0.340. The van der Waals surface area contributed by atoms with Gasteiger partial charge in [-0.2, -0.15) is 0 Å². The largest absolute Gasteiger partial charge is 0.338 e. The number of carbonyl (C=O) groups excluding carboxylic acids is 1. The molecule has 3 rings (SSSR count). The second-order valence-corrected chi connectivity index (χ2v) is 7.97. The number of carbonyl (C=O) groups is 1. The van der Waals surface area contributed by atoms with Crippen molar-refractivity contribution >= 4 is 17.4 Å². The number of aromatic nitrogens is 2. The molecular weight excluding hydrogens is 363 g/mol. The Hall–Kier alpha value is -1.86. The van der Waals surface area contributed by atoms with Gasteiger partial charge in [0.25, 0.3) is 5.91 Å². The van der Waals surface area contributed by atoms with Gasteiger partial charge in [0, 0.05) is 26.2 Å². The fourth-order valence-electron chi connectivity index (χ4n) is 3.72. The van der Waals surface area contributed by atoms with Crippen LogP contribution in [-0.4, -0.2) is 58.0 Å². The van der Waals surface area contributed by atoms with E-state index in [1.165, 1.54) is 17.6 Å². The number of benzene rings is 1. The Bertz CT molecular complexity index is 766. The molecule has 0 aliphatic carbocycles. The maximum Gasteiger partial charge on any atom is 0.267 e. The Labute approximate surface area is 164 Å². The SMILES string of the molecule is CCN(CC1CCCN(CCc2cccc(F)c2)C1)C(=O)c1snnc1C. The highest BCUT2D eigenvalue weighted by Crippen LogP contribution is 2.20. The second-order valence-electron chi connectivity index (χ2n) is 7.22. The molecule has 1 aromatic carbocycles. The molecule has 1 aliphatic heterocycles. The number of hydrogen-bond acceptors (Lipinski definition) is 5. The van der Waals surface area contributed by atoms with Crippen molar-refractivity contribution in [3.63, 3.8) is 0 Å². The van der Waals surface area contributed by atoms with Gasteiger partial charge in [0.1, 0.15) is 10.7 Å². The first kappa shape index (κ1) is 19.9. The standard InChI is InChI=1S/C20H27FN4OS/c1-3-25(20(26)19-15(2)22-23-27-19)14-17-7-5-10-24(13-17)11-9-16-6-4-8-18(21)12-16/h4,6,8,12,17H,3,5,7,9-11,13-14H2,1-2H3. The number of nitrogens with zero attached hydrogens (tertiary/aromatic N) is 4. The third kappa shape index (κ3) is 5.32. The smallest absolute Gasteiger partial charge is 0.267 e. The molecule has 2 aromatic rings. The molecule has 1 aliphatic rings. The first-order valence-electron chi connectivity index (χ1n) is 9.61. The fraction of sp³-hybridized carbons (Fsp3) is 0.550. The fourth-order valence-corrected chi connectivity index (χ4v) is 4.35. The van der Waals surface area contributed by atoms with Crippen molar-refractivity contribution < 1.29 is 9.18 Å². The zero-order valence-electron chi connectivity index (χ0n) is 16.0. The molecule has 1 atom stereocenters. The van der Waals surface area contributed by atoms with Crippen LogP contribution in [0.3, 0.4) is 0 Å². The van der Waals surface area contributed by atoms with E-state index in [2.05, 4.69) is 14.5 Å². The van der Waals surface area contributed by atoms with Crippen molar-refractivity contribution in [1.29, 1.82) is 0 Å². The maximum absolute atomic E-state index is 13.3. The lowest BCUT2D eigenvalue weighted by molar-refractivity contribution is 0.0694. The summed E-state index contributed by atoms with van der Waals surface area (Å²) in [5, 5.41) is 3.96. The van der Waals surface area contributed by atoms with Crippen molar-refractivity contribution in [3.8, 4) is 0 Å². The average Bonchev–Trinajstić information content (AvgIpc) is 3.10. The molecule has 2 heterocycles. The van der Waals surface area contributed by atoms with E-state index in [9.17, 15) is 9.18 Å². The summed E-state index contributed by atoms with van der Waals surface area (Å²) in [6.45, 7) is 8.30. The van der Waals surface area contributed by atoms with Gasteiger partial charge in [-0.25, -0.2) is 4.39 Å². The van der Waals surface area contributed by atoms with Crippen molar-refractivity contribution in [3.05, 3.63) is 46.2 Å². The van der Waals surface area contributed by atoms with Gasteiger partial charge in [-0.05, 0) is 74.8 Å². The normalized spacial score (nSPS) is 17.8. The number of hydrogen-bond donors (Lipinski definition) is 0. The molecule has 1 unspecified atom stereocenters. The number of piperidine rings is 1. The van der Waals surface area contributed by atoms with Crippen LogP contribution in [0.25, 0.3) is 0 Å². The van der Waals surface area contributed by atoms with Crippen LogP contribution in [0, 0.1) is 18.7 Å². The van der Waals surface area contributed by atoms with Gasteiger partial charge in [-0.15, -0.1) is 5.10 Å². The highest BCUT2D eigenvalue weighted by atomic mass is 32.1. The summed E-state index contributed by atoms with van der Waals surface area (Å²) in [5.41, 5.74) is 1.75. The summed E-state index contributed by atoms with van der Waals surface area (Å²) in [7, 11) is 0. The molecule has 1 fully saturated rings. The first-order valence-corrected chi connectivity index (χ1v) is 10.4. The van der Waals surface area contributed by atoms with E-state index < -0.39 is 0 Å². The minimum absolute atomic E-state index is 0.0434. The van der Waals surface area contributed by atoms with Crippen molar-refractivity contribution in [2.45, 2.75) is 33.1 Å². The van der Waals surface area contributed by atoms with E-state index in [0.29, 0.717) is 23.0 Å². The third-order valence-electron chi connectivity index (χ3n) is 5.20. The minimum Gasteiger partial charge on any atom is -0.338 e. The molecule has 0 spiro atoms. The van der Waals surface area contributed by atoms with Crippen LogP contribution in [0.4, 0.5) is 4.39 Å². The van der Waals surface area contributed by atoms with Crippen molar-refractivity contribution in [2.75, 3.05) is 32.7 Å². The number of rotatable bonds is 7. The predicted octanol–water partition coefficient (Wildman–Crippen LogP) is 3.40.